The summed E-state index contributed by atoms with van der Waals surface area (Å²) in [6, 6.07) is 67.4. The molecular formula is C50H32N4. The highest BCUT2D eigenvalue weighted by molar-refractivity contribution is 6.08. The summed E-state index contributed by atoms with van der Waals surface area (Å²) in [7, 11) is 0. The van der Waals surface area contributed by atoms with Crippen LogP contribution in [0.25, 0.3) is 100 Å². The third kappa shape index (κ3) is 5.67. The second-order valence-electron chi connectivity index (χ2n) is 13.4. The minimum atomic E-state index is 0.685. The standard InChI is InChI=1S/C50H32N4/c1-3-13-33(14-4-1)35-23-27-37(28-24-35)47-43-19-9-11-21-45(43)52-50(53-47)42-32-31-41(39-17-7-8-18-40(39)42)48-44-20-10-12-22-46(44)51-49(54-48)38-29-25-36(26-30-38)34-15-5-2-6-16-34/h1-32H. The molecule has 10 aromatic rings. The molecule has 0 amide bonds. The molecule has 2 aromatic heterocycles. The van der Waals surface area contributed by atoms with Gasteiger partial charge < -0.3 is 0 Å². The fraction of sp³-hybridized carbons (Fsp3) is 0. The van der Waals surface area contributed by atoms with E-state index in [4.69, 9.17) is 19.9 Å². The van der Waals surface area contributed by atoms with Crippen molar-refractivity contribution in [2.24, 2.45) is 0 Å². The first-order valence-corrected chi connectivity index (χ1v) is 18.1. The minimum Gasteiger partial charge on any atom is -0.228 e. The van der Waals surface area contributed by atoms with Crippen LogP contribution in [0.2, 0.25) is 0 Å². The predicted octanol–water partition coefficient (Wildman–Crippen LogP) is 12.7. The van der Waals surface area contributed by atoms with Gasteiger partial charge in [0, 0.05) is 33.0 Å². The van der Waals surface area contributed by atoms with Crippen LogP contribution in [-0.4, -0.2) is 19.9 Å². The molecule has 10 rings (SSSR count). The number of hydrogen-bond acceptors (Lipinski definition) is 4. The number of benzene rings is 8. The summed E-state index contributed by atoms with van der Waals surface area (Å²) in [5.74, 6) is 1.38. The van der Waals surface area contributed by atoms with Crippen LogP contribution in [0.15, 0.2) is 194 Å². The highest BCUT2D eigenvalue weighted by Crippen LogP contribution is 2.39. The summed E-state index contributed by atoms with van der Waals surface area (Å²) in [4.78, 5) is 20.8. The number of rotatable bonds is 6. The molecule has 8 aromatic carbocycles. The molecule has 4 nitrogen and oxygen atoms in total. The SMILES string of the molecule is c1ccc(-c2ccc(-c3nc(-c4ccc(-c5nc(-c6ccc(-c7ccccc7)cc6)c6ccccc6n5)c5ccccc45)c4ccccc4n3)cc2)cc1. The van der Waals surface area contributed by atoms with Gasteiger partial charge in [-0.2, -0.15) is 0 Å². The van der Waals surface area contributed by atoms with Crippen molar-refractivity contribution >= 4 is 32.6 Å². The van der Waals surface area contributed by atoms with Crippen molar-refractivity contribution in [3.63, 3.8) is 0 Å². The molecule has 0 aliphatic carbocycles. The van der Waals surface area contributed by atoms with Crippen LogP contribution < -0.4 is 0 Å². The fourth-order valence-electron chi connectivity index (χ4n) is 7.42. The van der Waals surface area contributed by atoms with Crippen molar-refractivity contribution in [3.05, 3.63) is 194 Å². The van der Waals surface area contributed by atoms with Crippen LogP contribution in [0.4, 0.5) is 0 Å². The average Bonchev–Trinajstić information content (AvgIpc) is 3.26. The Morgan fingerprint density at radius 2 is 0.611 bits per heavy atom. The summed E-state index contributed by atoms with van der Waals surface area (Å²) in [5, 5.41) is 4.16. The second-order valence-corrected chi connectivity index (χ2v) is 13.4. The maximum absolute atomic E-state index is 5.29. The maximum atomic E-state index is 5.29. The number of nitrogens with zero attached hydrogens (tertiary/aromatic N) is 4. The van der Waals surface area contributed by atoms with Gasteiger partial charge in [-0.05, 0) is 51.2 Å². The highest BCUT2D eigenvalue weighted by atomic mass is 14.9. The monoisotopic (exact) mass is 688 g/mol. The fourth-order valence-corrected chi connectivity index (χ4v) is 7.42. The minimum absolute atomic E-state index is 0.685. The molecule has 0 N–H and O–H groups in total. The zero-order valence-electron chi connectivity index (χ0n) is 29.3. The van der Waals surface area contributed by atoms with Gasteiger partial charge in [0.15, 0.2) is 11.6 Å². The van der Waals surface area contributed by atoms with E-state index in [2.05, 4.69) is 170 Å². The zero-order chi connectivity index (χ0) is 35.8. The van der Waals surface area contributed by atoms with Crippen molar-refractivity contribution in [2.75, 3.05) is 0 Å². The van der Waals surface area contributed by atoms with E-state index in [1.807, 2.05) is 24.3 Å². The summed E-state index contributed by atoms with van der Waals surface area (Å²) >= 11 is 0. The third-order valence-corrected chi connectivity index (χ3v) is 10.1. The van der Waals surface area contributed by atoms with Gasteiger partial charge in [-0.15, -0.1) is 0 Å². The predicted molar refractivity (Wildman–Crippen MR) is 223 cm³/mol. The highest BCUT2D eigenvalue weighted by Gasteiger charge is 2.18. The van der Waals surface area contributed by atoms with E-state index in [0.29, 0.717) is 11.6 Å². The molecule has 0 saturated heterocycles. The molecule has 0 unspecified atom stereocenters. The molecule has 0 atom stereocenters. The van der Waals surface area contributed by atoms with Gasteiger partial charge in [0.2, 0.25) is 0 Å². The number of para-hydroxylation sites is 2. The lowest BCUT2D eigenvalue weighted by Crippen LogP contribution is -1.98. The van der Waals surface area contributed by atoms with Gasteiger partial charge >= 0.3 is 0 Å². The molecular weight excluding hydrogens is 657 g/mol. The van der Waals surface area contributed by atoms with Gasteiger partial charge in [0.1, 0.15) is 0 Å². The topological polar surface area (TPSA) is 51.6 Å². The molecule has 54 heavy (non-hydrogen) atoms. The smallest absolute Gasteiger partial charge is 0.161 e. The van der Waals surface area contributed by atoms with Gasteiger partial charge in [0.05, 0.1) is 22.4 Å². The largest absolute Gasteiger partial charge is 0.228 e. The maximum Gasteiger partial charge on any atom is 0.161 e. The van der Waals surface area contributed by atoms with Crippen molar-refractivity contribution < 1.29 is 0 Å². The molecule has 4 heteroatoms. The molecule has 0 fully saturated rings. The Morgan fingerprint density at radius 1 is 0.222 bits per heavy atom. The molecule has 0 aliphatic heterocycles. The summed E-state index contributed by atoms with van der Waals surface area (Å²) < 4.78 is 0. The number of hydrogen-bond donors (Lipinski definition) is 0. The van der Waals surface area contributed by atoms with Crippen LogP contribution in [0.3, 0.4) is 0 Å². The Hall–Kier alpha value is -7.30. The first kappa shape index (κ1) is 31.4. The summed E-state index contributed by atoms with van der Waals surface area (Å²) in [6.45, 7) is 0. The van der Waals surface area contributed by atoms with Crippen molar-refractivity contribution in [3.8, 4) is 67.5 Å². The van der Waals surface area contributed by atoms with Gasteiger partial charge in [-0.1, -0.05) is 176 Å². The number of fused-ring (bicyclic) bond motifs is 3. The van der Waals surface area contributed by atoms with Gasteiger partial charge in [0.25, 0.3) is 0 Å². The van der Waals surface area contributed by atoms with E-state index >= 15 is 0 Å². The van der Waals surface area contributed by atoms with Gasteiger partial charge in [-0.3, -0.25) is 0 Å². The lowest BCUT2D eigenvalue weighted by Gasteiger charge is -2.15. The van der Waals surface area contributed by atoms with Crippen LogP contribution in [-0.2, 0) is 0 Å². The third-order valence-electron chi connectivity index (χ3n) is 10.1. The van der Waals surface area contributed by atoms with E-state index in [9.17, 15) is 0 Å². The number of aromatic nitrogens is 4. The Morgan fingerprint density at radius 3 is 1.20 bits per heavy atom. The Balaban J connectivity index is 1.10. The second kappa shape index (κ2) is 13.4. The molecule has 0 radical (unpaired) electrons. The Labute approximate surface area is 313 Å². The molecule has 2 heterocycles. The van der Waals surface area contributed by atoms with E-state index in [-0.39, 0.29) is 0 Å². The van der Waals surface area contributed by atoms with Crippen molar-refractivity contribution in [1.29, 1.82) is 0 Å². The first-order valence-electron chi connectivity index (χ1n) is 18.1. The van der Waals surface area contributed by atoms with Crippen molar-refractivity contribution in [2.45, 2.75) is 0 Å². The molecule has 0 aliphatic rings. The van der Waals surface area contributed by atoms with Crippen LogP contribution >= 0.6 is 0 Å². The zero-order valence-corrected chi connectivity index (χ0v) is 29.3. The van der Waals surface area contributed by atoms with E-state index in [1.54, 1.807) is 0 Å². The first-order chi connectivity index (χ1) is 26.8. The van der Waals surface area contributed by atoms with Gasteiger partial charge in [-0.25, -0.2) is 19.9 Å². The lowest BCUT2D eigenvalue weighted by atomic mass is 9.95. The van der Waals surface area contributed by atoms with Crippen LogP contribution in [0.5, 0.6) is 0 Å². The Kier molecular flexibility index (Phi) is 7.77. The summed E-state index contributed by atoms with van der Waals surface area (Å²) in [6.07, 6.45) is 0. The van der Waals surface area contributed by atoms with E-state index in [1.165, 1.54) is 16.7 Å². The normalized spacial score (nSPS) is 11.3. The Bertz CT molecular complexity index is 2960. The molecule has 252 valence electrons. The lowest BCUT2D eigenvalue weighted by molar-refractivity contribution is 1.23. The van der Waals surface area contributed by atoms with E-state index < -0.39 is 0 Å². The molecule has 0 spiro atoms. The van der Waals surface area contributed by atoms with Crippen molar-refractivity contribution in [1.82, 2.24) is 19.9 Å². The van der Waals surface area contributed by atoms with E-state index in [0.717, 1.165) is 71.8 Å². The quantitative estimate of drug-likeness (QED) is 0.174. The molecule has 0 bridgehead atoms. The summed E-state index contributed by atoms with van der Waals surface area (Å²) in [5.41, 5.74) is 12.3. The molecule has 0 saturated carbocycles. The van der Waals surface area contributed by atoms with Crippen LogP contribution in [0, 0.1) is 0 Å². The average molecular weight is 689 g/mol. The van der Waals surface area contributed by atoms with Crippen LogP contribution in [0.1, 0.15) is 0 Å².